The van der Waals surface area contributed by atoms with Gasteiger partial charge in [-0.3, -0.25) is 4.79 Å². The topological polar surface area (TPSA) is 68.9 Å². The summed E-state index contributed by atoms with van der Waals surface area (Å²) in [7, 11) is 2.96. The first-order chi connectivity index (χ1) is 12.0. The number of ketones is 1. The SMILES string of the molecule is COc1cc(/C=C/C(=O)c2cc3cccc(OC)c3o2)cc(Cl)c1O. The Morgan fingerprint density at radius 3 is 2.64 bits per heavy atom. The molecule has 6 heteroatoms. The van der Waals surface area contributed by atoms with Gasteiger partial charge in [-0.2, -0.15) is 0 Å². The standard InChI is InChI=1S/C19H15ClO5/c1-23-15-5-3-4-12-10-16(25-19(12)15)14(21)7-6-11-8-13(20)18(22)17(9-11)24-2/h3-10,22H,1-2H3/b7-6+. The average molecular weight is 359 g/mol. The van der Waals surface area contributed by atoms with Gasteiger partial charge in [-0.05, 0) is 35.9 Å². The van der Waals surface area contributed by atoms with Crippen LogP contribution in [0.25, 0.3) is 17.0 Å². The molecule has 1 aromatic heterocycles. The van der Waals surface area contributed by atoms with Crippen molar-refractivity contribution in [1.82, 2.24) is 0 Å². The minimum absolute atomic E-state index is 0.139. The second kappa shape index (κ2) is 6.91. The van der Waals surface area contributed by atoms with Crippen molar-refractivity contribution in [3.63, 3.8) is 0 Å². The first-order valence-corrected chi connectivity index (χ1v) is 7.76. The quantitative estimate of drug-likeness (QED) is 0.528. The monoisotopic (exact) mass is 358 g/mol. The molecule has 25 heavy (non-hydrogen) atoms. The number of hydrogen-bond donors (Lipinski definition) is 1. The fraction of sp³-hybridized carbons (Fsp3) is 0.105. The Hall–Kier alpha value is -2.92. The van der Waals surface area contributed by atoms with Crippen LogP contribution in [0.1, 0.15) is 16.1 Å². The predicted octanol–water partition coefficient (Wildman–Crippen LogP) is 4.71. The number of methoxy groups -OCH3 is 2. The van der Waals surface area contributed by atoms with Gasteiger partial charge in [-0.25, -0.2) is 0 Å². The molecule has 0 bridgehead atoms. The number of para-hydroxylation sites is 1. The molecule has 0 unspecified atom stereocenters. The largest absolute Gasteiger partial charge is 0.503 e. The number of carbonyl (C=O) groups is 1. The van der Waals surface area contributed by atoms with Gasteiger partial charge < -0.3 is 19.0 Å². The van der Waals surface area contributed by atoms with Crippen LogP contribution < -0.4 is 9.47 Å². The van der Waals surface area contributed by atoms with Crippen molar-refractivity contribution in [2.45, 2.75) is 0 Å². The lowest BCUT2D eigenvalue weighted by Crippen LogP contribution is -1.91. The zero-order chi connectivity index (χ0) is 18.0. The average Bonchev–Trinajstić information content (AvgIpc) is 3.06. The second-order valence-electron chi connectivity index (χ2n) is 5.24. The number of halogens is 1. The summed E-state index contributed by atoms with van der Waals surface area (Å²) in [5.74, 6) is 0.551. The Morgan fingerprint density at radius 2 is 1.92 bits per heavy atom. The van der Waals surface area contributed by atoms with Crippen molar-refractivity contribution in [1.29, 1.82) is 0 Å². The Bertz CT molecular complexity index is 971. The lowest BCUT2D eigenvalue weighted by molar-refractivity contribution is 0.102. The Labute approximate surface area is 149 Å². The lowest BCUT2D eigenvalue weighted by atomic mass is 10.1. The highest BCUT2D eigenvalue weighted by atomic mass is 35.5. The van der Waals surface area contributed by atoms with Crippen LogP contribution in [0.3, 0.4) is 0 Å². The van der Waals surface area contributed by atoms with Crippen LogP contribution in [0.5, 0.6) is 17.2 Å². The summed E-state index contributed by atoms with van der Waals surface area (Å²) in [5, 5.41) is 10.7. The van der Waals surface area contributed by atoms with Gasteiger partial charge >= 0.3 is 0 Å². The van der Waals surface area contributed by atoms with E-state index in [4.69, 9.17) is 25.5 Å². The molecule has 0 amide bonds. The molecule has 1 heterocycles. The molecule has 0 aliphatic carbocycles. The van der Waals surface area contributed by atoms with E-state index in [0.717, 1.165) is 5.39 Å². The molecule has 0 saturated carbocycles. The van der Waals surface area contributed by atoms with Crippen molar-refractivity contribution in [2.75, 3.05) is 14.2 Å². The predicted molar refractivity (Wildman–Crippen MR) is 95.8 cm³/mol. The number of ether oxygens (including phenoxy) is 2. The number of phenols is 1. The van der Waals surface area contributed by atoms with Gasteiger partial charge in [-0.15, -0.1) is 0 Å². The third-order valence-electron chi connectivity index (χ3n) is 3.67. The molecule has 0 aliphatic rings. The molecule has 2 aromatic carbocycles. The molecule has 3 rings (SSSR count). The normalized spacial score (nSPS) is 11.2. The van der Waals surface area contributed by atoms with E-state index < -0.39 is 0 Å². The van der Waals surface area contributed by atoms with Gasteiger partial charge in [0.1, 0.15) is 0 Å². The van der Waals surface area contributed by atoms with Crippen LogP contribution in [0, 0.1) is 0 Å². The number of hydrogen-bond acceptors (Lipinski definition) is 5. The Balaban J connectivity index is 1.90. The van der Waals surface area contributed by atoms with Crippen molar-refractivity contribution >= 4 is 34.4 Å². The third kappa shape index (κ3) is 3.32. The summed E-state index contributed by atoms with van der Waals surface area (Å²) in [4.78, 5) is 12.4. The Morgan fingerprint density at radius 1 is 1.16 bits per heavy atom. The summed E-state index contributed by atoms with van der Waals surface area (Å²) in [5.41, 5.74) is 1.14. The van der Waals surface area contributed by atoms with Gasteiger partial charge in [0.2, 0.25) is 5.78 Å². The molecule has 1 N–H and O–H groups in total. The molecular weight excluding hydrogens is 344 g/mol. The number of allylic oxidation sites excluding steroid dienone is 1. The van der Waals surface area contributed by atoms with E-state index >= 15 is 0 Å². The molecule has 0 fully saturated rings. The van der Waals surface area contributed by atoms with E-state index in [1.54, 1.807) is 31.4 Å². The summed E-state index contributed by atoms with van der Waals surface area (Å²) >= 11 is 5.94. The smallest absolute Gasteiger partial charge is 0.221 e. The number of phenolic OH excluding ortho intramolecular Hbond substituents is 1. The highest BCUT2D eigenvalue weighted by Gasteiger charge is 2.13. The molecule has 0 atom stereocenters. The zero-order valence-electron chi connectivity index (χ0n) is 13.6. The van der Waals surface area contributed by atoms with E-state index in [1.165, 1.54) is 19.3 Å². The fourth-order valence-corrected chi connectivity index (χ4v) is 2.64. The number of benzene rings is 2. The van der Waals surface area contributed by atoms with Crippen LogP contribution in [0.2, 0.25) is 5.02 Å². The molecule has 128 valence electrons. The van der Waals surface area contributed by atoms with Crippen molar-refractivity contribution in [3.8, 4) is 17.2 Å². The van der Waals surface area contributed by atoms with E-state index in [-0.39, 0.29) is 28.1 Å². The number of furan rings is 1. The minimum atomic E-state index is -0.304. The van der Waals surface area contributed by atoms with Gasteiger partial charge in [0.15, 0.2) is 28.6 Å². The van der Waals surface area contributed by atoms with Crippen LogP contribution in [0.15, 0.2) is 46.9 Å². The third-order valence-corrected chi connectivity index (χ3v) is 3.96. The van der Waals surface area contributed by atoms with Gasteiger partial charge in [0.25, 0.3) is 0 Å². The number of carbonyl (C=O) groups excluding carboxylic acids is 1. The van der Waals surface area contributed by atoms with Gasteiger partial charge in [0, 0.05) is 5.39 Å². The highest BCUT2D eigenvalue weighted by Crippen LogP contribution is 2.35. The van der Waals surface area contributed by atoms with Crippen LogP contribution >= 0.6 is 11.6 Å². The second-order valence-corrected chi connectivity index (χ2v) is 5.65. The molecule has 0 spiro atoms. The zero-order valence-corrected chi connectivity index (χ0v) is 14.3. The van der Waals surface area contributed by atoms with Crippen molar-refractivity contribution in [2.24, 2.45) is 0 Å². The van der Waals surface area contributed by atoms with Crippen LogP contribution in [-0.2, 0) is 0 Å². The number of fused-ring (bicyclic) bond motifs is 1. The fourth-order valence-electron chi connectivity index (χ4n) is 2.42. The Kier molecular flexibility index (Phi) is 4.67. The number of aromatic hydroxyl groups is 1. The molecule has 0 aliphatic heterocycles. The first kappa shape index (κ1) is 16.9. The van der Waals surface area contributed by atoms with Crippen LogP contribution in [0.4, 0.5) is 0 Å². The molecule has 5 nitrogen and oxygen atoms in total. The van der Waals surface area contributed by atoms with E-state index in [1.807, 2.05) is 12.1 Å². The number of rotatable bonds is 5. The van der Waals surface area contributed by atoms with Gasteiger partial charge in [0.05, 0.1) is 19.2 Å². The molecular formula is C19H15ClO5. The van der Waals surface area contributed by atoms with Crippen LogP contribution in [-0.4, -0.2) is 25.1 Å². The maximum atomic E-state index is 12.4. The molecule has 0 radical (unpaired) electrons. The summed E-state index contributed by atoms with van der Waals surface area (Å²) in [6.45, 7) is 0. The van der Waals surface area contributed by atoms with Crippen molar-refractivity contribution < 1.29 is 23.8 Å². The lowest BCUT2D eigenvalue weighted by Gasteiger charge is -2.06. The van der Waals surface area contributed by atoms with E-state index in [2.05, 4.69) is 0 Å². The summed E-state index contributed by atoms with van der Waals surface area (Å²) < 4.78 is 15.9. The van der Waals surface area contributed by atoms with E-state index in [0.29, 0.717) is 16.9 Å². The maximum absolute atomic E-state index is 12.4. The minimum Gasteiger partial charge on any atom is -0.503 e. The highest BCUT2D eigenvalue weighted by molar-refractivity contribution is 6.32. The van der Waals surface area contributed by atoms with Crippen molar-refractivity contribution in [3.05, 3.63) is 58.8 Å². The molecule has 0 saturated heterocycles. The first-order valence-electron chi connectivity index (χ1n) is 7.39. The molecule has 3 aromatic rings. The summed E-state index contributed by atoms with van der Waals surface area (Å²) in [6.07, 6.45) is 2.94. The van der Waals surface area contributed by atoms with E-state index in [9.17, 15) is 9.90 Å². The van der Waals surface area contributed by atoms with Gasteiger partial charge in [-0.1, -0.05) is 29.8 Å². The summed E-state index contributed by atoms with van der Waals surface area (Å²) in [6, 6.07) is 10.2. The maximum Gasteiger partial charge on any atom is 0.221 e.